The van der Waals surface area contributed by atoms with E-state index in [9.17, 15) is 4.79 Å². The van der Waals surface area contributed by atoms with E-state index in [-0.39, 0.29) is 17.0 Å². The number of amides is 1. The molecule has 2 aliphatic carbocycles. The SMILES string of the molecule is CC1(NC(=O)CC2(N)CC2)CC1. The van der Waals surface area contributed by atoms with Crippen LogP contribution in [-0.4, -0.2) is 17.0 Å². The second-order valence-corrected chi connectivity index (χ2v) is 4.65. The van der Waals surface area contributed by atoms with E-state index in [0.717, 1.165) is 25.7 Å². The van der Waals surface area contributed by atoms with Gasteiger partial charge in [-0.05, 0) is 32.6 Å². The van der Waals surface area contributed by atoms with Crippen molar-refractivity contribution in [3.8, 4) is 0 Å². The van der Waals surface area contributed by atoms with E-state index >= 15 is 0 Å². The van der Waals surface area contributed by atoms with Crippen molar-refractivity contribution in [2.45, 2.75) is 50.1 Å². The van der Waals surface area contributed by atoms with Crippen molar-refractivity contribution in [2.75, 3.05) is 0 Å². The van der Waals surface area contributed by atoms with E-state index in [0.29, 0.717) is 6.42 Å². The van der Waals surface area contributed by atoms with Gasteiger partial charge in [-0.15, -0.1) is 0 Å². The van der Waals surface area contributed by atoms with Crippen molar-refractivity contribution in [2.24, 2.45) is 5.73 Å². The summed E-state index contributed by atoms with van der Waals surface area (Å²) in [5, 5.41) is 3.01. The number of hydrogen-bond acceptors (Lipinski definition) is 2. The van der Waals surface area contributed by atoms with E-state index in [1.165, 1.54) is 0 Å². The van der Waals surface area contributed by atoms with Crippen LogP contribution in [0.4, 0.5) is 0 Å². The third-order valence-corrected chi connectivity index (χ3v) is 2.85. The lowest BCUT2D eigenvalue weighted by atomic mass is 10.2. The summed E-state index contributed by atoms with van der Waals surface area (Å²) >= 11 is 0. The van der Waals surface area contributed by atoms with Gasteiger partial charge >= 0.3 is 0 Å². The molecule has 0 aromatic heterocycles. The molecule has 2 fully saturated rings. The van der Waals surface area contributed by atoms with Gasteiger partial charge in [0.2, 0.25) is 5.91 Å². The molecule has 0 aliphatic heterocycles. The van der Waals surface area contributed by atoms with E-state index < -0.39 is 0 Å². The first kappa shape index (κ1) is 8.05. The minimum Gasteiger partial charge on any atom is -0.351 e. The summed E-state index contributed by atoms with van der Waals surface area (Å²) in [4.78, 5) is 11.4. The largest absolute Gasteiger partial charge is 0.351 e. The molecular formula is C9H16N2O. The average Bonchev–Trinajstić information content (AvgIpc) is 2.76. The molecule has 0 spiro atoms. The number of nitrogens with one attached hydrogen (secondary N) is 1. The van der Waals surface area contributed by atoms with Crippen molar-refractivity contribution in [1.82, 2.24) is 5.32 Å². The van der Waals surface area contributed by atoms with Gasteiger partial charge in [-0.25, -0.2) is 0 Å². The number of carbonyl (C=O) groups is 1. The Kier molecular flexibility index (Phi) is 1.49. The van der Waals surface area contributed by atoms with Crippen molar-refractivity contribution in [3.63, 3.8) is 0 Å². The Morgan fingerprint density at radius 3 is 2.42 bits per heavy atom. The van der Waals surface area contributed by atoms with Crippen LogP contribution in [0.3, 0.4) is 0 Å². The Balaban J connectivity index is 1.77. The summed E-state index contributed by atoms with van der Waals surface area (Å²) in [6.45, 7) is 2.08. The molecule has 0 bridgehead atoms. The first-order valence-corrected chi connectivity index (χ1v) is 4.61. The van der Waals surface area contributed by atoms with Gasteiger partial charge in [0, 0.05) is 17.5 Å². The molecule has 12 heavy (non-hydrogen) atoms. The fourth-order valence-electron chi connectivity index (χ4n) is 1.35. The fourth-order valence-corrected chi connectivity index (χ4v) is 1.35. The van der Waals surface area contributed by atoms with Gasteiger partial charge in [0.15, 0.2) is 0 Å². The molecule has 2 rings (SSSR count). The minimum absolute atomic E-state index is 0.113. The smallest absolute Gasteiger partial charge is 0.222 e. The maximum Gasteiger partial charge on any atom is 0.222 e. The van der Waals surface area contributed by atoms with Gasteiger partial charge in [0.25, 0.3) is 0 Å². The lowest BCUT2D eigenvalue weighted by Crippen LogP contribution is -2.38. The third kappa shape index (κ3) is 1.78. The Labute approximate surface area is 72.7 Å². The van der Waals surface area contributed by atoms with Gasteiger partial charge < -0.3 is 11.1 Å². The molecule has 1 amide bonds. The zero-order chi connectivity index (χ0) is 8.82. The minimum atomic E-state index is -0.144. The van der Waals surface area contributed by atoms with Gasteiger partial charge in [0.1, 0.15) is 0 Å². The van der Waals surface area contributed by atoms with Crippen molar-refractivity contribution < 1.29 is 4.79 Å². The highest BCUT2D eigenvalue weighted by Gasteiger charge is 2.43. The standard InChI is InChI=1S/C9H16N2O/c1-8(2-3-8)11-7(12)6-9(10)4-5-9/h2-6,10H2,1H3,(H,11,12). The molecule has 68 valence electrons. The fraction of sp³-hybridized carbons (Fsp3) is 0.889. The lowest BCUT2D eigenvalue weighted by Gasteiger charge is -2.13. The molecule has 0 unspecified atom stereocenters. The molecule has 3 N–H and O–H groups in total. The number of rotatable bonds is 3. The second-order valence-electron chi connectivity index (χ2n) is 4.65. The summed E-state index contributed by atoms with van der Waals surface area (Å²) in [5.74, 6) is 0.134. The van der Waals surface area contributed by atoms with Crippen LogP contribution in [0.2, 0.25) is 0 Å². The zero-order valence-corrected chi connectivity index (χ0v) is 7.52. The molecular weight excluding hydrogens is 152 g/mol. The molecule has 2 aliphatic rings. The van der Waals surface area contributed by atoms with E-state index in [1.807, 2.05) is 0 Å². The summed E-state index contributed by atoms with van der Waals surface area (Å²) in [6.07, 6.45) is 4.78. The molecule has 3 heteroatoms. The molecule has 0 heterocycles. The van der Waals surface area contributed by atoms with Crippen LogP contribution in [-0.2, 0) is 4.79 Å². The average molecular weight is 168 g/mol. The predicted octanol–water partition coefficient (Wildman–Crippen LogP) is 0.536. The second kappa shape index (κ2) is 2.22. The zero-order valence-electron chi connectivity index (χ0n) is 7.52. The van der Waals surface area contributed by atoms with E-state index in [2.05, 4.69) is 12.2 Å². The third-order valence-electron chi connectivity index (χ3n) is 2.85. The van der Waals surface area contributed by atoms with E-state index in [4.69, 9.17) is 5.73 Å². The summed E-state index contributed by atoms with van der Waals surface area (Å²) in [5.41, 5.74) is 5.80. The van der Waals surface area contributed by atoms with Crippen LogP contribution < -0.4 is 11.1 Å². The molecule has 0 aromatic rings. The van der Waals surface area contributed by atoms with Crippen LogP contribution in [0, 0.1) is 0 Å². The summed E-state index contributed by atoms with van der Waals surface area (Å²) in [7, 11) is 0. The van der Waals surface area contributed by atoms with Gasteiger partial charge in [-0.3, -0.25) is 4.79 Å². The van der Waals surface area contributed by atoms with Crippen molar-refractivity contribution in [3.05, 3.63) is 0 Å². The Morgan fingerprint density at radius 2 is 2.00 bits per heavy atom. The number of hydrogen-bond donors (Lipinski definition) is 2. The Hall–Kier alpha value is -0.570. The topological polar surface area (TPSA) is 55.1 Å². The van der Waals surface area contributed by atoms with Crippen LogP contribution in [0.5, 0.6) is 0 Å². The van der Waals surface area contributed by atoms with E-state index in [1.54, 1.807) is 0 Å². The Morgan fingerprint density at radius 1 is 1.42 bits per heavy atom. The maximum absolute atomic E-state index is 11.4. The van der Waals surface area contributed by atoms with Crippen LogP contribution in [0.25, 0.3) is 0 Å². The molecule has 0 atom stereocenters. The monoisotopic (exact) mass is 168 g/mol. The number of nitrogens with two attached hydrogens (primary N) is 1. The predicted molar refractivity (Wildman–Crippen MR) is 46.6 cm³/mol. The van der Waals surface area contributed by atoms with Gasteiger partial charge in [0.05, 0.1) is 0 Å². The Bertz CT molecular complexity index is 195. The highest BCUT2D eigenvalue weighted by molar-refractivity contribution is 5.78. The van der Waals surface area contributed by atoms with Crippen molar-refractivity contribution in [1.29, 1.82) is 0 Å². The summed E-state index contributed by atoms with van der Waals surface area (Å²) < 4.78 is 0. The highest BCUT2D eigenvalue weighted by atomic mass is 16.1. The van der Waals surface area contributed by atoms with Crippen LogP contribution >= 0.6 is 0 Å². The molecule has 3 nitrogen and oxygen atoms in total. The highest BCUT2D eigenvalue weighted by Crippen LogP contribution is 2.38. The lowest BCUT2D eigenvalue weighted by molar-refractivity contribution is -0.122. The number of carbonyl (C=O) groups excluding carboxylic acids is 1. The molecule has 0 aromatic carbocycles. The molecule has 0 radical (unpaired) electrons. The van der Waals surface area contributed by atoms with Gasteiger partial charge in [-0.2, -0.15) is 0 Å². The maximum atomic E-state index is 11.4. The molecule has 2 saturated carbocycles. The quantitative estimate of drug-likeness (QED) is 0.646. The first-order valence-electron chi connectivity index (χ1n) is 4.61. The van der Waals surface area contributed by atoms with Crippen LogP contribution in [0.1, 0.15) is 39.0 Å². The van der Waals surface area contributed by atoms with Crippen molar-refractivity contribution >= 4 is 5.91 Å². The first-order chi connectivity index (χ1) is 5.52. The normalized spacial score (nSPS) is 27.8. The van der Waals surface area contributed by atoms with Gasteiger partial charge in [-0.1, -0.05) is 0 Å². The van der Waals surface area contributed by atoms with Crippen LogP contribution in [0.15, 0.2) is 0 Å². The summed E-state index contributed by atoms with van der Waals surface area (Å²) in [6, 6.07) is 0. The molecule has 0 saturated heterocycles.